The molecule has 0 saturated heterocycles. The van der Waals surface area contributed by atoms with E-state index in [4.69, 9.17) is 6.42 Å². The molecule has 0 spiro atoms. The first-order valence-corrected chi connectivity index (χ1v) is 6.17. The van der Waals surface area contributed by atoms with E-state index in [0.717, 1.165) is 18.9 Å². The Morgan fingerprint density at radius 1 is 1.40 bits per heavy atom. The summed E-state index contributed by atoms with van der Waals surface area (Å²) in [6.45, 7) is 8.29. The van der Waals surface area contributed by atoms with Gasteiger partial charge in [0.25, 0.3) is 0 Å². The standard InChI is InChI=1S/C14H23N/c1-5-6-9-15-12-13(2,3)11-7-8-14(12,4)10-11/h1,11-12,15H,6-10H2,2-4H3. The number of terminal acetylenes is 1. The molecule has 2 aliphatic carbocycles. The zero-order valence-electron chi connectivity index (χ0n) is 10.3. The SMILES string of the molecule is C#CCCNC1C2(C)CCC(C2)C1(C)C. The Labute approximate surface area is 94.0 Å². The predicted octanol–water partition coefficient (Wildman–Crippen LogP) is 2.81. The Bertz CT molecular complexity index is 281. The van der Waals surface area contributed by atoms with Crippen LogP contribution >= 0.6 is 0 Å². The van der Waals surface area contributed by atoms with Gasteiger partial charge in [0.2, 0.25) is 0 Å². The predicted molar refractivity (Wildman–Crippen MR) is 64.5 cm³/mol. The molecular formula is C14H23N. The van der Waals surface area contributed by atoms with Gasteiger partial charge in [0.15, 0.2) is 0 Å². The molecule has 0 radical (unpaired) electrons. The second kappa shape index (κ2) is 3.52. The third kappa shape index (κ3) is 1.60. The van der Waals surface area contributed by atoms with Gasteiger partial charge in [-0.15, -0.1) is 12.3 Å². The molecule has 3 atom stereocenters. The lowest BCUT2D eigenvalue weighted by Crippen LogP contribution is -2.50. The van der Waals surface area contributed by atoms with Crippen LogP contribution in [0.2, 0.25) is 0 Å². The van der Waals surface area contributed by atoms with Crippen molar-refractivity contribution in [3.05, 3.63) is 0 Å². The quantitative estimate of drug-likeness (QED) is 0.552. The summed E-state index contributed by atoms with van der Waals surface area (Å²) in [7, 11) is 0. The third-order valence-corrected chi connectivity index (χ3v) is 4.89. The van der Waals surface area contributed by atoms with E-state index in [0.29, 0.717) is 16.9 Å². The van der Waals surface area contributed by atoms with Gasteiger partial charge in [-0.05, 0) is 36.0 Å². The van der Waals surface area contributed by atoms with Crippen LogP contribution in [0.1, 0.15) is 46.5 Å². The summed E-state index contributed by atoms with van der Waals surface area (Å²) in [4.78, 5) is 0. The van der Waals surface area contributed by atoms with Gasteiger partial charge in [0.1, 0.15) is 0 Å². The molecule has 0 amide bonds. The zero-order valence-corrected chi connectivity index (χ0v) is 10.3. The average Bonchev–Trinajstić information content (AvgIpc) is 2.62. The first-order chi connectivity index (χ1) is 7.00. The van der Waals surface area contributed by atoms with E-state index >= 15 is 0 Å². The van der Waals surface area contributed by atoms with E-state index in [1.807, 2.05) is 0 Å². The monoisotopic (exact) mass is 205 g/mol. The van der Waals surface area contributed by atoms with Crippen LogP contribution in [-0.4, -0.2) is 12.6 Å². The van der Waals surface area contributed by atoms with E-state index in [2.05, 4.69) is 32.0 Å². The molecule has 3 unspecified atom stereocenters. The number of hydrogen-bond donors (Lipinski definition) is 1. The molecule has 0 aromatic heterocycles. The van der Waals surface area contributed by atoms with Crippen LogP contribution in [0.15, 0.2) is 0 Å². The van der Waals surface area contributed by atoms with Crippen molar-refractivity contribution in [2.45, 2.75) is 52.5 Å². The van der Waals surface area contributed by atoms with E-state index in [-0.39, 0.29) is 0 Å². The molecule has 1 heteroatoms. The van der Waals surface area contributed by atoms with Gasteiger partial charge in [-0.3, -0.25) is 0 Å². The normalized spacial score (nSPS) is 41.7. The lowest BCUT2D eigenvalue weighted by atomic mass is 9.68. The van der Waals surface area contributed by atoms with Crippen LogP contribution in [0.25, 0.3) is 0 Å². The highest BCUT2D eigenvalue weighted by atomic mass is 15.0. The highest BCUT2D eigenvalue weighted by Gasteiger charge is 2.58. The maximum atomic E-state index is 5.30. The summed E-state index contributed by atoms with van der Waals surface area (Å²) < 4.78 is 0. The Balaban J connectivity index is 2.06. The van der Waals surface area contributed by atoms with Crippen LogP contribution in [0, 0.1) is 29.1 Å². The molecule has 2 rings (SSSR count). The van der Waals surface area contributed by atoms with Crippen LogP contribution in [0.3, 0.4) is 0 Å². The van der Waals surface area contributed by atoms with Crippen LogP contribution < -0.4 is 5.32 Å². The molecule has 2 fully saturated rings. The topological polar surface area (TPSA) is 12.0 Å². The first kappa shape index (κ1) is 11.0. The van der Waals surface area contributed by atoms with E-state index < -0.39 is 0 Å². The Morgan fingerprint density at radius 2 is 2.13 bits per heavy atom. The summed E-state index contributed by atoms with van der Waals surface area (Å²) in [5.41, 5.74) is 0.990. The molecule has 2 aliphatic rings. The molecule has 1 nitrogen and oxygen atoms in total. The van der Waals surface area contributed by atoms with Crippen molar-refractivity contribution < 1.29 is 0 Å². The average molecular weight is 205 g/mol. The van der Waals surface area contributed by atoms with E-state index in [9.17, 15) is 0 Å². The van der Waals surface area contributed by atoms with Gasteiger partial charge >= 0.3 is 0 Å². The molecular weight excluding hydrogens is 182 g/mol. The van der Waals surface area contributed by atoms with Crippen molar-refractivity contribution in [2.75, 3.05) is 6.54 Å². The highest BCUT2D eigenvalue weighted by molar-refractivity contribution is 5.12. The lowest BCUT2D eigenvalue weighted by molar-refractivity contribution is 0.110. The van der Waals surface area contributed by atoms with Crippen molar-refractivity contribution >= 4 is 0 Å². The number of hydrogen-bond acceptors (Lipinski definition) is 1. The number of nitrogens with one attached hydrogen (secondary N) is 1. The van der Waals surface area contributed by atoms with Gasteiger partial charge in [-0.2, -0.15) is 0 Å². The summed E-state index contributed by atoms with van der Waals surface area (Å²) in [6.07, 6.45) is 10.4. The number of rotatable bonds is 3. The maximum absolute atomic E-state index is 5.30. The molecule has 84 valence electrons. The minimum Gasteiger partial charge on any atom is -0.312 e. The molecule has 1 N–H and O–H groups in total. The highest BCUT2D eigenvalue weighted by Crippen LogP contribution is 2.62. The van der Waals surface area contributed by atoms with Crippen LogP contribution in [0.5, 0.6) is 0 Å². The zero-order chi connectivity index (χ0) is 11.1. The molecule has 2 bridgehead atoms. The molecule has 0 aromatic carbocycles. The smallest absolute Gasteiger partial charge is 0.0212 e. The van der Waals surface area contributed by atoms with Gasteiger partial charge in [0, 0.05) is 19.0 Å². The molecule has 0 heterocycles. The molecule has 15 heavy (non-hydrogen) atoms. The van der Waals surface area contributed by atoms with Crippen molar-refractivity contribution in [2.24, 2.45) is 16.7 Å². The minimum atomic E-state index is 0.460. The van der Waals surface area contributed by atoms with Crippen molar-refractivity contribution in [3.63, 3.8) is 0 Å². The maximum Gasteiger partial charge on any atom is 0.0212 e. The Kier molecular flexibility index (Phi) is 2.59. The van der Waals surface area contributed by atoms with Crippen molar-refractivity contribution in [3.8, 4) is 12.3 Å². The van der Waals surface area contributed by atoms with Crippen LogP contribution in [0.4, 0.5) is 0 Å². The van der Waals surface area contributed by atoms with Crippen LogP contribution in [-0.2, 0) is 0 Å². The fraction of sp³-hybridized carbons (Fsp3) is 0.857. The van der Waals surface area contributed by atoms with Crippen molar-refractivity contribution in [1.29, 1.82) is 0 Å². The fourth-order valence-corrected chi connectivity index (χ4v) is 4.10. The summed E-state index contributed by atoms with van der Waals surface area (Å²) in [6, 6.07) is 0.664. The van der Waals surface area contributed by atoms with Gasteiger partial charge in [0.05, 0.1) is 0 Å². The largest absolute Gasteiger partial charge is 0.312 e. The second-order valence-electron chi connectivity index (χ2n) is 6.26. The molecule has 2 saturated carbocycles. The summed E-state index contributed by atoms with van der Waals surface area (Å²) in [5.74, 6) is 3.64. The second-order valence-corrected chi connectivity index (χ2v) is 6.26. The van der Waals surface area contributed by atoms with E-state index in [1.165, 1.54) is 19.3 Å². The van der Waals surface area contributed by atoms with Gasteiger partial charge in [-0.1, -0.05) is 20.8 Å². The van der Waals surface area contributed by atoms with Crippen molar-refractivity contribution in [1.82, 2.24) is 5.32 Å². The van der Waals surface area contributed by atoms with Gasteiger partial charge in [-0.25, -0.2) is 0 Å². The first-order valence-electron chi connectivity index (χ1n) is 6.17. The fourth-order valence-electron chi connectivity index (χ4n) is 4.10. The molecule has 0 aromatic rings. The van der Waals surface area contributed by atoms with E-state index in [1.54, 1.807) is 0 Å². The summed E-state index contributed by atoms with van der Waals surface area (Å²) >= 11 is 0. The third-order valence-electron chi connectivity index (χ3n) is 4.89. The Hall–Kier alpha value is -0.480. The number of fused-ring (bicyclic) bond motifs is 2. The Morgan fingerprint density at radius 3 is 2.67 bits per heavy atom. The lowest BCUT2D eigenvalue weighted by Gasteiger charge is -2.43. The van der Waals surface area contributed by atoms with Gasteiger partial charge < -0.3 is 5.32 Å². The molecule has 0 aliphatic heterocycles. The summed E-state index contributed by atoms with van der Waals surface area (Å²) in [5, 5.41) is 3.70. The minimum absolute atomic E-state index is 0.460.